The average molecular weight is 266 g/mol. The van der Waals surface area contributed by atoms with Crippen LogP contribution in [0.25, 0.3) is 0 Å². The number of benzene rings is 1. The van der Waals surface area contributed by atoms with Crippen molar-refractivity contribution in [3.8, 4) is 0 Å². The normalized spacial score (nSPS) is 12.4. The highest BCUT2D eigenvalue weighted by Gasteiger charge is 2.14. The van der Waals surface area contributed by atoms with E-state index in [-0.39, 0.29) is 6.04 Å². The van der Waals surface area contributed by atoms with Crippen molar-refractivity contribution >= 4 is 11.6 Å². The van der Waals surface area contributed by atoms with Gasteiger partial charge in [0.1, 0.15) is 0 Å². The first-order chi connectivity index (χ1) is 8.58. The van der Waals surface area contributed by atoms with Gasteiger partial charge in [0.25, 0.3) is 0 Å². The molecule has 0 fully saturated rings. The predicted octanol–water partition coefficient (Wildman–Crippen LogP) is 5.05. The molecule has 1 atom stereocenters. The first kappa shape index (κ1) is 15.3. The van der Waals surface area contributed by atoms with Crippen LogP contribution in [0.3, 0.4) is 0 Å². The smallest absolute Gasteiger partial charge is 0.0456 e. The van der Waals surface area contributed by atoms with Gasteiger partial charge in [0.2, 0.25) is 0 Å². The van der Waals surface area contributed by atoms with Gasteiger partial charge in [-0.3, -0.25) is 0 Å². The van der Waals surface area contributed by atoms with Crippen LogP contribution in [0.2, 0.25) is 5.02 Å². The van der Waals surface area contributed by atoms with Crippen molar-refractivity contribution in [1.82, 2.24) is 5.32 Å². The third-order valence-electron chi connectivity index (χ3n) is 3.16. The molecule has 1 N–H and O–H groups in total. The third-order valence-corrected chi connectivity index (χ3v) is 3.49. The lowest BCUT2D eigenvalue weighted by atomic mass is 9.97. The van der Waals surface area contributed by atoms with E-state index in [9.17, 15) is 0 Å². The van der Waals surface area contributed by atoms with E-state index < -0.39 is 0 Å². The van der Waals surface area contributed by atoms with E-state index in [2.05, 4.69) is 44.8 Å². The molecule has 0 bridgehead atoms. The van der Waals surface area contributed by atoms with Gasteiger partial charge in [-0.1, -0.05) is 49.7 Å². The van der Waals surface area contributed by atoms with Gasteiger partial charge < -0.3 is 5.32 Å². The van der Waals surface area contributed by atoms with Crippen molar-refractivity contribution in [2.75, 3.05) is 6.54 Å². The zero-order valence-electron chi connectivity index (χ0n) is 11.7. The highest BCUT2D eigenvalue weighted by molar-refractivity contribution is 6.31. The van der Waals surface area contributed by atoms with Gasteiger partial charge in [0.15, 0.2) is 0 Å². The summed E-state index contributed by atoms with van der Waals surface area (Å²) in [5.41, 5.74) is 3.65. The lowest BCUT2D eigenvalue weighted by Gasteiger charge is -2.21. The van der Waals surface area contributed by atoms with E-state index in [1.54, 1.807) is 0 Å². The number of hydrogen-bond donors (Lipinski definition) is 1. The quantitative estimate of drug-likeness (QED) is 0.681. The molecular formula is C16H24ClN. The summed E-state index contributed by atoms with van der Waals surface area (Å²) in [6.45, 7) is 11.5. The zero-order chi connectivity index (χ0) is 13.5. The molecule has 100 valence electrons. The van der Waals surface area contributed by atoms with Gasteiger partial charge in [-0.2, -0.15) is 0 Å². The van der Waals surface area contributed by atoms with Crippen LogP contribution >= 0.6 is 11.6 Å². The summed E-state index contributed by atoms with van der Waals surface area (Å²) < 4.78 is 0. The predicted molar refractivity (Wildman–Crippen MR) is 81.3 cm³/mol. The van der Waals surface area contributed by atoms with Crippen molar-refractivity contribution in [3.05, 3.63) is 46.5 Å². The molecule has 0 aliphatic heterocycles. The SMILES string of the molecule is C=C(CC)CC(NCCC)c1ccc(C)cc1Cl. The van der Waals surface area contributed by atoms with Crippen LogP contribution in [-0.2, 0) is 0 Å². The Morgan fingerprint density at radius 1 is 1.39 bits per heavy atom. The molecule has 0 saturated heterocycles. The number of hydrogen-bond acceptors (Lipinski definition) is 1. The number of halogens is 1. The Hall–Kier alpha value is -0.790. The number of aryl methyl sites for hydroxylation is 1. The van der Waals surface area contributed by atoms with Crippen LogP contribution < -0.4 is 5.32 Å². The molecule has 1 aromatic rings. The molecule has 0 amide bonds. The topological polar surface area (TPSA) is 12.0 Å². The molecule has 1 rings (SSSR count). The highest BCUT2D eigenvalue weighted by Crippen LogP contribution is 2.28. The van der Waals surface area contributed by atoms with Crippen molar-refractivity contribution in [2.24, 2.45) is 0 Å². The van der Waals surface area contributed by atoms with Gasteiger partial charge >= 0.3 is 0 Å². The van der Waals surface area contributed by atoms with Crippen LogP contribution in [-0.4, -0.2) is 6.54 Å². The molecule has 18 heavy (non-hydrogen) atoms. The Balaban J connectivity index is 2.89. The van der Waals surface area contributed by atoms with Crippen molar-refractivity contribution in [2.45, 2.75) is 46.1 Å². The standard InChI is InChI=1S/C16H24ClN/c1-5-9-18-16(11-12(3)6-2)14-8-7-13(4)10-15(14)17/h7-8,10,16,18H,3,5-6,9,11H2,1-2,4H3. The minimum atomic E-state index is 0.283. The van der Waals surface area contributed by atoms with Crippen molar-refractivity contribution < 1.29 is 0 Å². The number of rotatable bonds is 7. The van der Waals surface area contributed by atoms with Gasteiger partial charge in [0, 0.05) is 11.1 Å². The van der Waals surface area contributed by atoms with Crippen LogP contribution in [0, 0.1) is 6.92 Å². The summed E-state index contributed by atoms with van der Waals surface area (Å²) in [5, 5.41) is 4.42. The fourth-order valence-electron chi connectivity index (χ4n) is 1.96. The largest absolute Gasteiger partial charge is 0.310 e. The molecule has 0 heterocycles. The fraction of sp³-hybridized carbons (Fsp3) is 0.500. The Kier molecular flexibility index (Phi) is 6.45. The lowest BCUT2D eigenvalue weighted by Crippen LogP contribution is -2.23. The molecule has 1 nitrogen and oxygen atoms in total. The highest BCUT2D eigenvalue weighted by atomic mass is 35.5. The first-order valence-electron chi connectivity index (χ1n) is 6.74. The summed E-state index contributed by atoms with van der Waals surface area (Å²) in [7, 11) is 0. The monoisotopic (exact) mass is 265 g/mol. The van der Waals surface area contributed by atoms with Crippen LogP contribution in [0.1, 0.15) is 50.3 Å². The van der Waals surface area contributed by atoms with Gasteiger partial charge in [-0.05, 0) is 49.9 Å². The lowest BCUT2D eigenvalue weighted by molar-refractivity contribution is 0.523. The molecule has 1 unspecified atom stereocenters. The van der Waals surface area contributed by atoms with E-state index in [0.29, 0.717) is 0 Å². The van der Waals surface area contributed by atoms with E-state index in [1.807, 2.05) is 6.07 Å². The maximum absolute atomic E-state index is 6.36. The Bertz CT molecular complexity index is 398. The van der Waals surface area contributed by atoms with Gasteiger partial charge in [-0.15, -0.1) is 0 Å². The van der Waals surface area contributed by atoms with Crippen molar-refractivity contribution in [3.63, 3.8) is 0 Å². The molecule has 0 aromatic heterocycles. The molecule has 0 saturated carbocycles. The summed E-state index contributed by atoms with van der Waals surface area (Å²) >= 11 is 6.36. The van der Waals surface area contributed by atoms with Crippen molar-refractivity contribution in [1.29, 1.82) is 0 Å². The van der Waals surface area contributed by atoms with E-state index in [0.717, 1.165) is 30.8 Å². The second-order valence-corrected chi connectivity index (χ2v) is 5.25. The Morgan fingerprint density at radius 3 is 2.67 bits per heavy atom. The zero-order valence-corrected chi connectivity index (χ0v) is 12.5. The van der Waals surface area contributed by atoms with Crippen LogP contribution in [0.4, 0.5) is 0 Å². The summed E-state index contributed by atoms with van der Waals surface area (Å²) in [6, 6.07) is 6.57. The van der Waals surface area contributed by atoms with E-state index >= 15 is 0 Å². The molecule has 2 heteroatoms. The van der Waals surface area contributed by atoms with Gasteiger partial charge in [-0.25, -0.2) is 0 Å². The maximum Gasteiger partial charge on any atom is 0.0456 e. The molecule has 0 radical (unpaired) electrons. The van der Waals surface area contributed by atoms with Crippen LogP contribution in [0.15, 0.2) is 30.4 Å². The van der Waals surface area contributed by atoms with E-state index in [4.69, 9.17) is 11.6 Å². The summed E-state index contributed by atoms with van der Waals surface area (Å²) in [5.74, 6) is 0. The maximum atomic E-state index is 6.36. The fourth-order valence-corrected chi connectivity index (χ4v) is 2.33. The molecule has 0 aliphatic rings. The second kappa shape index (κ2) is 7.60. The molecular weight excluding hydrogens is 242 g/mol. The average Bonchev–Trinajstić information content (AvgIpc) is 2.34. The minimum Gasteiger partial charge on any atom is -0.310 e. The molecule has 1 aromatic carbocycles. The number of nitrogens with one attached hydrogen (secondary N) is 1. The van der Waals surface area contributed by atoms with Gasteiger partial charge in [0.05, 0.1) is 0 Å². The van der Waals surface area contributed by atoms with E-state index in [1.165, 1.54) is 16.7 Å². The second-order valence-electron chi connectivity index (χ2n) is 4.84. The summed E-state index contributed by atoms with van der Waals surface area (Å²) in [4.78, 5) is 0. The first-order valence-corrected chi connectivity index (χ1v) is 7.12. The summed E-state index contributed by atoms with van der Waals surface area (Å²) in [6.07, 6.45) is 3.10. The minimum absolute atomic E-state index is 0.283. The molecule has 0 aliphatic carbocycles. The molecule has 0 spiro atoms. The van der Waals surface area contributed by atoms with Crippen LogP contribution in [0.5, 0.6) is 0 Å². The Morgan fingerprint density at radius 2 is 2.11 bits per heavy atom. The Labute approximate surface area is 116 Å². The third kappa shape index (κ3) is 4.47.